The highest BCUT2D eigenvalue weighted by Gasteiger charge is 2.47. The summed E-state index contributed by atoms with van der Waals surface area (Å²) in [6.07, 6.45) is 4.38. The summed E-state index contributed by atoms with van der Waals surface area (Å²) in [5.41, 5.74) is 1.75. The maximum Gasteiger partial charge on any atom is 0.339 e. The van der Waals surface area contributed by atoms with Crippen LogP contribution in [0.15, 0.2) is 48.5 Å². The van der Waals surface area contributed by atoms with E-state index >= 15 is 0 Å². The third-order valence-corrected chi connectivity index (χ3v) is 6.27. The van der Waals surface area contributed by atoms with Crippen LogP contribution in [0.25, 0.3) is 0 Å². The number of nitrogens with one attached hydrogen (secondary N) is 1. The maximum absolute atomic E-state index is 13.5. The van der Waals surface area contributed by atoms with Crippen molar-refractivity contribution in [3.05, 3.63) is 70.8 Å². The van der Waals surface area contributed by atoms with Crippen LogP contribution in [0.1, 0.15) is 64.4 Å². The lowest BCUT2D eigenvalue weighted by atomic mass is 9.88. The molecule has 2 aliphatic carbocycles. The van der Waals surface area contributed by atoms with Gasteiger partial charge in [0.2, 0.25) is 0 Å². The molecule has 31 heavy (non-hydrogen) atoms. The summed E-state index contributed by atoms with van der Waals surface area (Å²) >= 11 is 0. The van der Waals surface area contributed by atoms with Gasteiger partial charge in [-0.15, -0.1) is 0 Å². The summed E-state index contributed by atoms with van der Waals surface area (Å²) in [6.45, 7) is 2.15. The summed E-state index contributed by atoms with van der Waals surface area (Å²) in [5.74, 6) is -0.655. The molecule has 6 heteroatoms. The highest BCUT2D eigenvalue weighted by Crippen LogP contribution is 2.35. The van der Waals surface area contributed by atoms with Crippen molar-refractivity contribution in [2.75, 3.05) is 0 Å². The number of rotatable bonds is 6. The second kappa shape index (κ2) is 7.52. The second-order valence-corrected chi connectivity index (χ2v) is 9.06. The van der Waals surface area contributed by atoms with E-state index in [1.165, 1.54) is 0 Å². The van der Waals surface area contributed by atoms with Crippen LogP contribution >= 0.6 is 0 Å². The Bertz CT molecular complexity index is 1040. The zero-order valence-electron chi connectivity index (χ0n) is 17.6. The Morgan fingerprint density at radius 2 is 1.77 bits per heavy atom. The zero-order valence-corrected chi connectivity index (χ0v) is 17.6. The molecular formula is C25H26N2O4. The fourth-order valence-electron chi connectivity index (χ4n) is 4.16. The first kappa shape index (κ1) is 19.8. The molecule has 2 aromatic rings. The number of esters is 1. The smallest absolute Gasteiger partial charge is 0.339 e. The van der Waals surface area contributed by atoms with E-state index in [1.54, 1.807) is 31.2 Å². The van der Waals surface area contributed by atoms with Crippen LogP contribution in [0.3, 0.4) is 0 Å². The predicted octanol–water partition coefficient (Wildman–Crippen LogP) is 3.24. The molecule has 1 unspecified atom stereocenters. The number of hydrogen-bond donors (Lipinski definition) is 1. The van der Waals surface area contributed by atoms with Crippen molar-refractivity contribution in [2.24, 2.45) is 0 Å². The molecule has 1 heterocycles. The van der Waals surface area contributed by atoms with E-state index in [4.69, 9.17) is 4.74 Å². The molecule has 6 nitrogen and oxygen atoms in total. The Labute approximate surface area is 181 Å². The molecule has 0 bridgehead atoms. The molecule has 1 aliphatic heterocycles. The molecule has 0 saturated heterocycles. The quantitative estimate of drug-likeness (QED) is 0.731. The lowest BCUT2D eigenvalue weighted by Gasteiger charge is -2.37. The number of nitrogens with zero attached hydrogens (tertiary/aromatic N) is 1. The lowest BCUT2D eigenvalue weighted by Crippen LogP contribution is -2.53. The minimum atomic E-state index is -1.21. The fraction of sp³-hybridized carbons (Fsp3) is 0.400. The summed E-state index contributed by atoms with van der Waals surface area (Å²) in [5, 5.41) is 2.99. The van der Waals surface area contributed by atoms with E-state index in [0.29, 0.717) is 30.1 Å². The van der Waals surface area contributed by atoms with E-state index in [2.05, 4.69) is 5.32 Å². The second-order valence-electron chi connectivity index (χ2n) is 9.06. The van der Waals surface area contributed by atoms with E-state index in [-0.39, 0.29) is 17.9 Å². The van der Waals surface area contributed by atoms with Crippen LogP contribution in [0.2, 0.25) is 0 Å². The molecular weight excluding hydrogens is 392 g/mol. The van der Waals surface area contributed by atoms with Crippen LogP contribution in [0.4, 0.5) is 0 Å². The monoisotopic (exact) mass is 418 g/mol. The first-order valence-corrected chi connectivity index (χ1v) is 10.9. The summed E-state index contributed by atoms with van der Waals surface area (Å²) in [7, 11) is 0. The van der Waals surface area contributed by atoms with E-state index in [9.17, 15) is 14.4 Å². The molecule has 0 radical (unpaired) electrons. The molecule has 2 fully saturated rings. The normalized spacial score (nSPS) is 22.3. The lowest BCUT2D eigenvalue weighted by molar-refractivity contribution is -0.152. The van der Waals surface area contributed by atoms with Crippen molar-refractivity contribution < 1.29 is 19.1 Å². The number of fused-ring (bicyclic) bond motifs is 1. The molecule has 1 N–H and O–H groups in total. The van der Waals surface area contributed by atoms with Crippen molar-refractivity contribution >= 4 is 17.8 Å². The Morgan fingerprint density at radius 1 is 1.06 bits per heavy atom. The van der Waals surface area contributed by atoms with Crippen LogP contribution in [-0.4, -0.2) is 40.4 Å². The molecule has 2 aromatic carbocycles. The van der Waals surface area contributed by atoms with Crippen molar-refractivity contribution in [1.29, 1.82) is 0 Å². The highest BCUT2D eigenvalue weighted by molar-refractivity contribution is 5.97. The van der Waals surface area contributed by atoms with Gasteiger partial charge in [0.15, 0.2) is 5.60 Å². The number of amides is 2. The first-order chi connectivity index (χ1) is 14.9. The van der Waals surface area contributed by atoms with Crippen LogP contribution < -0.4 is 5.32 Å². The average molecular weight is 418 g/mol. The highest BCUT2D eigenvalue weighted by atomic mass is 16.6. The Hall–Kier alpha value is -3.15. The Kier molecular flexibility index (Phi) is 4.80. The predicted molar refractivity (Wildman–Crippen MR) is 114 cm³/mol. The van der Waals surface area contributed by atoms with Gasteiger partial charge in [0.25, 0.3) is 11.8 Å². The van der Waals surface area contributed by atoms with Crippen molar-refractivity contribution in [3.63, 3.8) is 0 Å². The number of ether oxygens (including phenoxy) is 1. The standard InChI is InChI=1S/C25H26N2O4/c1-25(14-18-4-2-3-5-21(18)23(29)31-25)24(30)27(20-12-13-20)15-16-6-8-17(9-7-16)22(28)26-19-10-11-19/h2-9,19-20H,10-15H2,1H3,(H,26,28). The molecule has 0 aromatic heterocycles. The van der Waals surface area contributed by atoms with Gasteiger partial charge in [-0.25, -0.2) is 4.79 Å². The van der Waals surface area contributed by atoms with E-state index in [1.807, 2.05) is 29.2 Å². The van der Waals surface area contributed by atoms with Crippen LogP contribution in [-0.2, 0) is 22.5 Å². The first-order valence-electron chi connectivity index (χ1n) is 10.9. The van der Waals surface area contributed by atoms with Gasteiger partial charge in [-0.2, -0.15) is 0 Å². The van der Waals surface area contributed by atoms with Gasteiger partial charge in [0, 0.05) is 30.6 Å². The number of cyclic esters (lactones) is 1. The van der Waals surface area contributed by atoms with Gasteiger partial charge < -0.3 is 15.0 Å². The molecule has 0 spiro atoms. The molecule has 5 rings (SSSR count). The number of carbonyl (C=O) groups excluding carboxylic acids is 3. The van der Waals surface area contributed by atoms with Gasteiger partial charge in [-0.3, -0.25) is 9.59 Å². The van der Waals surface area contributed by atoms with Gasteiger partial charge >= 0.3 is 5.97 Å². The third-order valence-electron chi connectivity index (χ3n) is 6.27. The molecule has 3 aliphatic rings. The van der Waals surface area contributed by atoms with Crippen LogP contribution in [0, 0.1) is 0 Å². The minimum absolute atomic E-state index is 0.0514. The minimum Gasteiger partial charge on any atom is -0.445 e. The van der Waals surface area contributed by atoms with Crippen LogP contribution in [0.5, 0.6) is 0 Å². The molecule has 2 amide bonds. The topological polar surface area (TPSA) is 75.7 Å². The van der Waals surface area contributed by atoms with E-state index in [0.717, 1.165) is 36.8 Å². The maximum atomic E-state index is 13.5. The third kappa shape index (κ3) is 4.07. The van der Waals surface area contributed by atoms with Gasteiger partial charge in [-0.1, -0.05) is 30.3 Å². The summed E-state index contributed by atoms with van der Waals surface area (Å²) in [6, 6.07) is 15.2. The van der Waals surface area contributed by atoms with Gasteiger partial charge in [0.05, 0.1) is 5.56 Å². The number of hydrogen-bond acceptors (Lipinski definition) is 4. The zero-order chi connectivity index (χ0) is 21.6. The van der Waals surface area contributed by atoms with E-state index < -0.39 is 11.6 Å². The number of carbonyl (C=O) groups is 3. The molecule has 1 atom stereocenters. The van der Waals surface area contributed by atoms with Crippen molar-refractivity contribution in [1.82, 2.24) is 10.2 Å². The molecule has 2 saturated carbocycles. The van der Waals surface area contributed by atoms with Crippen molar-refractivity contribution in [2.45, 2.75) is 63.3 Å². The van der Waals surface area contributed by atoms with Gasteiger partial charge in [0.1, 0.15) is 0 Å². The number of benzene rings is 2. The fourth-order valence-corrected chi connectivity index (χ4v) is 4.16. The average Bonchev–Trinajstić information content (AvgIpc) is 3.67. The summed E-state index contributed by atoms with van der Waals surface area (Å²) in [4.78, 5) is 40.1. The van der Waals surface area contributed by atoms with Gasteiger partial charge in [-0.05, 0) is 61.9 Å². The Balaban J connectivity index is 1.32. The summed E-state index contributed by atoms with van der Waals surface area (Å²) < 4.78 is 5.67. The molecule has 160 valence electrons. The van der Waals surface area contributed by atoms with Crippen molar-refractivity contribution in [3.8, 4) is 0 Å². The largest absolute Gasteiger partial charge is 0.445 e. The SMILES string of the molecule is CC1(C(=O)N(Cc2ccc(C(=O)NC3CC3)cc2)C2CC2)Cc2ccccc2C(=O)O1. The Morgan fingerprint density at radius 3 is 2.45 bits per heavy atom.